The van der Waals surface area contributed by atoms with Crippen molar-refractivity contribution in [1.29, 1.82) is 0 Å². The summed E-state index contributed by atoms with van der Waals surface area (Å²) in [5, 5.41) is 14.4. The summed E-state index contributed by atoms with van der Waals surface area (Å²) in [7, 11) is 0. The van der Waals surface area contributed by atoms with E-state index in [4.69, 9.17) is 0 Å². The van der Waals surface area contributed by atoms with Gasteiger partial charge in [-0.2, -0.15) is 9.38 Å². The first-order valence-corrected chi connectivity index (χ1v) is 6.66. The molecule has 0 amide bonds. The quantitative estimate of drug-likeness (QED) is 0.586. The van der Waals surface area contributed by atoms with Gasteiger partial charge in [0, 0.05) is 11.8 Å². The summed E-state index contributed by atoms with van der Waals surface area (Å²) in [6, 6.07) is 13.0. The van der Waals surface area contributed by atoms with Gasteiger partial charge < -0.3 is 15.4 Å². The zero-order valence-electron chi connectivity index (χ0n) is 11.5. The minimum absolute atomic E-state index is 0.0625. The third-order valence-corrected chi connectivity index (χ3v) is 3.28. The molecule has 0 bridgehead atoms. The van der Waals surface area contributed by atoms with Crippen molar-refractivity contribution in [3.63, 3.8) is 0 Å². The van der Waals surface area contributed by atoms with Gasteiger partial charge in [-0.25, -0.2) is 0 Å². The van der Waals surface area contributed by atoms with E-state index in [-0.39, 0.29) is 11.6 Å². The summed E-state index contributed by atoms with van der Waals surface area (Å²) in [4.78, 5) is 15.2. The summed E-state index contributed by atoms with van der Waals surface area (Å²) >= 11 is 0. The van der Waals surface area contributed by atoms with Crippen LogP contribution in [-0.4, -0.2) is 14.3 Å². The minimum atomic E-state index is -0.425. The van der Waals surface area contributed by atoms with Crippen molar-refractivity contribution in [1.82, 2.24) is 9.38 Å². The topological polar surface area (TPSA) is 72.5 Å². The highest BCUT2D eigenvalue weighted by Gasteiger charge is 2.22. The van der Waals surface area contributed by atoms with E-state index in [0.29, 0.717) is 5.65 Å². The molecule has 0 unspecified atom stereocenters. The number of nitrogens with zero attached hydrogens (tertiary/aromatic N) is 3. The van der Waals surface area contributed by atoms with E-state index in [0.717, 1.165) is 17.7 Å². The van der Waals surface area contributed by atoms with Crippen molar-refractivity contribution in [3.8, 4) is 0 Å². The molecule has 0 aliphatic heterocycles. The Hall–Kier alpha value is -2.89. The Morgan fingerprint density at radius 2 is 2.14 bits per heavy atom. The largest absolute Gasteiger partial charge is 0.372 e. The molecule has 0 saturated carbocycles. The Bertz CT molecular complexity index is 810. The third-order valence-electron chi connectivity index (χ3n) is 3.28. The number of rotatable bonds is 4. The predicted octanol–water partition coefficient (Wildman–Crippen LogP) is 3.55. The first-order valence-electron chi connectivity index (χ1n) is 6.66. The van der Waals surface area contributed by atoms with Crippen LogP contribution in [0.5, 0.6) is 0 Å². The van der Waals surface area contributed by atoms with E-state index in [1.54, 1.807) is 24.4 Å². The van der Waals surface area contributed by atoms with Crippen LogP contribution in [0.3, 0.4) is 0 Å². The van der Waals surface area contributed by atoms with E-state index in [9.17, 15) is 10.1 Å². The fourth-order valence-corrected chi connectivity index (χ4v) is 2.25. The highest BCUT2D eigenvalue weighted by Crippen LogP contribution is 2.28. The lowest BCUT2D eigenvalue weighted by atomic mass is 10.1. The van der Waals surface area contributed by atoms with Crippen molar-refractivity contribution < 1.29 is 4.92 Å². The second kappa shape index (κ2) is 5.24. The third kappa shape index (κ3) is 2.43. The normalized spacial score (nSPS) is 10.7. The molecule has 0 fully saturated rings. The first-order chi connectivity index (χ1) is 10.2. The molecule has 0 spiro atoms. The zero-order chi connectivity index (χ0) is 14.8. The Labute approximate surface area is 121 Å². The molecule has 0 saturated heterocycles. The lowest BCUT2D eigenvalue weighted by molar-refractivity contribution is -0.389. The molecule has 0 aliphatic rings. The molecule has 6 nitrogen and oxygen atoms in total. The molecule has 3 aromatic rings. The molecule has 21 heavy (non-hydrogen) atoms. The maximum atomic E-state index is 11.3. The number of imidazole rings is 1. The van der Waals surface area contributed by atoms with Crippen molar-refractivity contribution in [3.05, 3.63) is 64.3 Å². The van der Waals surface area contributed by atoms with Crippen LogP contribution in [0, 0.1) is 10.1 Å². The van der Waals surface area contributed by atoms with Crippen LogP contribution < -0.4 is 5.32 Å². The monoisotopic (exact) mass is 282 g/mol. The van der Waals surface area contributed by atoms with E-state index in [1.807, 2.05) is 24.3 Å². The number of hydrogen-bond donors (Lipinski definition) is 1. The van der Waals surface area contributed by atoms with Crippen LogP contribution in [0.4, 0.5) is 17.3 Å². The second-order valence-corrected chi connectivity index (χ2v) is 4.65. The predicted molar refractivity (Wildman–Crippen MR) is 80.9 cm³/mol. The van der Waals surface area contributed by atoms with Gasteiger partial charge in [-0.15, -0.1) is 0 Å². The first kappa shape index (κ1) is 13.1. The molecule has 2 aromatic heterocycles. The fraction of sp³-hybridized carbons (Fsp3) is 0.133. The number of nitrogens with one attached hydrogen (secondary N) is 1. The Morgan fingerprint density at radius 3 is 2.90 bits per heavy atom. The Balaban J connectivity index is 2.07. The minimum Gasteiger partial charge on any atom is -0.358 e. The average molecular weight is 282 g/mol. The van der Waals surface area contributed by atoms with Gasteiger partial charge in [-0.05, 0) is 35.1 Å². The van der Waals surface area contributed by atoms with Crippen molar-refractivity contribution in [2.45, 2.75) is 13.3 Å². The van der Waals surface area contributed by atoms with E-state index in [1.165, 1.54) is 4.40 Å². The molecular weight excluding hydrogens is 268 g/mol. The van der Waals surface area contributed by atoms with Crippen molar-refractivity contribution in [2.24, 2.45) is 0 Å². The summed E-state index contributed by atoms with van der Waals surface area (Å²) < 4.78 is 1.46. The summed E-state index contributed by atoms with van der Waals surface area (Å²) in [5.41, 5.74) is 2.49. The molecule has 0 atom stereocenters. The van der Waals surface area contributed by atoms with Gasteiger partial charge in [0.05, 0.1) is 6.20 Å². The van der Waals surface area contributed by atoms with Crippen LogP contribution in [0.15, 0.2) is 48.7 Å². The van der Waals surface area contributed by atoms with Gasteiger partial charge in [0.15, 0.2) is 0 Å². The summed E-state index contributed by atoms with van der Waals surface area (Å²) in [6.45, 7) is 2.06. The number of fused-ring (bicyclic) bond motifs is 1. The summed E-state index contributed by atoms with van der Waals surface area (Å²) in [6.07, 6.45) is 2.54. The van der Waals surface area contributed by atoms with Crippen molar-refractivity contribution in [2.75, 3.05) is 5.32 Å². The standard InChI is InChI=1S/C15H14N4O2/c1-2-11-6-5-7-12(10-11)16-14-15(19(20)21)18-9-4-3-8-13(18)17-14/h3-10,16H,2H2,1H3. The molecular formula is C15H14N4O2. The van der Waals surface area contributed by atoms with Gasteiger partial charge in [-0.3, -0.25) is 0 Å². The molecule has 1 aromatic carbocycles. The van der Waals surface area contributed by atoms with Gasteiger partial charge >= 0.3 is 5.82 Å². The van der Waals surface area contributed by atoms with Gasteiger partial charge in [0.2, 0.25) is 11.5 Å². The van der Waals surface area contributed by atoms with Crippen molar-refractivity contribution >= 4 is 23.0 Å². The van der Waals surface area contributed by atoms with E-state index >= 15 is 0 Å². The van der Waals surface area contributed by atoms with Crippen LogP contribution in [0.2, 0.25) is 0 Å². The fourth-order valence-electron chi connectivity index (χ4n) is 2.25. The smallest absolute Gasteiger partial charge is 0.358 e. The number of aryl methyl sites for hydroxylation is 1. The highest BCUT2D eigenvalue weighted by atomic mass is 16.6. The number of anilines is 2. The maximum Gasteiger partial charge on any atom is 0.372 e. The Kier molecular flexibility index (Phi) is 3.27. The van der Waals surface area contributed by atoms with E-state index in [2.05, 4.69) is 17.2 Å². The van der Waals surface area contributed by atoms with Crippen LogP contribution in [0.25, 0.3) is 5.65 Å². The van der Waals surface area contributed by atoms with Gasteiger partial charge in [0.25, 0.3) is 0 Å². The highest BCUT2D eigenvalue weighted by molar-refractivity contribution is 5.69. The molecule has 1 N–H and O–H groups in total. The number of benzene rings is 1. The van der Waals surface area contributed by atoms with Gasteiger partial charge in [0.1, 0.15) is 0 Å². The molecule has 0 aliphatic carbocycles. The molecule has 0 radical (unpaired) electrons. The zero-order valence-corrected chi connectivity index (χ0v) is 11.5. The Morgan fingerprint density at radius 1 is 1.29 bits per heavy atom. The number of hydrogen-bond acceptors (Lipinski definition) is 4. The second-order valence-electron chi connectivity index (χ2n) is 4.65. The number of nitro groups is 1. The number of aromatic nitrogens is 2. The van der Waals surface area contributed by atoms with Crippen LogP contribution in [0.1, 0.15) is 12.5 Å². The maximum absolute atomic E-state index is 11.3. The average Bonchev–Trinajstić information content (AvgIpc) is 2.85. The summed E-state index contributed by atoms with van der Waals surface area (Å²) in [5.74, 6) is 0.187. The molecule has 106 valence electrons. The van der Waals surface area contributed by atoms with Crippen LogP contribution >= 0.6 is 0 Å². The van der Waals surface area contributed by atoms with E-state index < -0.39 is 4.92 Å². The molecule has 2 heterocycles. The van der Waals surface area contributed by atoms with Crippen LogP contribution in [-0.2, 0) is 6.42 Å². The SMILES string of the molecule is CCc1cccc(Nc2nc3ccccn3c2[N+](=O)[O-])c1. The molecule has 6 heteroatoms. The lowest BCUT2D eigenvalue weighted by Gasteiger charge is -2.05. The lowest BCUT2D eigenvalue weighted by Crippen LogP contribution is -1.98. The number of pyridine rings is 1. The van der Waals surface area contributed by atoms with Gasteiger partial charge in [-0.1, -0.05) is 25.1 Å². The molecule has 3 rings (SSSR count).